The minimum atomic E-state index is -3.00. The number of hydrogen-bond acceptors (Lipinski definition) is 6. The Balaban J connectivity index is 1.75. The van der Waals surface area contributed by atoms with E-state index in [0.717, 1.165) is 5.56 Å². The minimum Gasteiger partial charge on any atom is -0.353 e. The molecule has 1 amide bonds. The van der Waals surface area contributed by atoms with Crippen LogP contribution in [0.15, 0.2) is 47.2 Å². The lowest BCUT2D eigenvalue weighted by Gasteiger charge is -2.34. The summed E-state index contributed by atoms with van der Waals surface area (Å²) in [6.45, 7) is 1.24. The van der Waals surface area contributed by atoms with Crippen molar-refractivity contribution in [2.24, 2.45) is 0 Å². The Kier molecular flexibility index (Phi) is 6.87. The van der Waals surface area contributed by atoms with Crippen LogP contribution in [0, 0.1) is 0 Å². The Morgan fingerprint density at radius 2 is 1.82 bits per heavy atom. The first-order valence-electron chi connectivity index (χ1n) is 9.33. The van der Waals surface area contributed by atoms with Crippen molar-refractivity contribution in [1.82, 2.24) is 15.1 Å². The molecule has 1 saturated heterocycles. The van der Waals surface area contributed by atoms with E-state index < -0.39 is 15.9 Å². The summed E-state index contributed by atoms with van der Waals surface area (Å²) in [5.74, 6) is 0.102. The van der Waals surface area contributed by atoms with Crippen molar-refractivity contribution in [1.29, 1.82) is 0 Å². The fraction of sp³-hybridized carbons (Fsp3) is 0.450. The molecule has 2 atom stereocenters. The van der Waals surface area contributed by atoms with Crippen LogP contribution in [0.5, 0.6) is 0 Å². The van der Waals surface area contributed by atoms with Crippen LogP contribution in [0.4, 0.5) is 0 Å². The Morgan fingerprint density at radius 3 is 2.39 bits per heavy atom. The van der Waals surface area contributed by atoms with Gasteiger partial charge in [0.1, 0.15) is 6.04 Å². The molecule has 1 aromatic heterocycles. The quantitative estimate of drug-likeness (QED) is 0.740. The number of thiophene rings is 1. The van der Waals surface area contributed by atoms with Gasteiger partial charge in [0, 0.05) is 19.6 Å². The second kappa shape index (κ2) is 9.17. The number of likely N-dealkylation sites (N-methyl/N-ethyl adjacent to an activating group) is 1. The maximum atomic E-state index is 13.2. The normalized spacial score (nSPS) is 19.2. The van der Waals surface area contributed by atoms with E-state index in [1.54, 1.807) is 11.3 Å². The summed E-state index contributed by atoms with van der Waals surface area (Å²) in [4.78, 5) is 17.2. The zero-order valence-electron chi connectivity index (χ0n) is 16.2. The zero-order chi connectivity index (χ0) is 20.1. The second-order valence-electron chi connectivity index (χ2n) is 7.28. The summed E-state index contributed by atoms with van der Waals surface area (Å²) in [6.07, 6.45) is 0. The van der Waals surface area contributed by atoms with Gasteiger partial charge >= 0.3 is 0 Å². The van der Waals surface area contributed by atoms with Crippen molar-refractivity contribution in [3.05, 3.63) is 58.3 Å². The van der Waals surface area contributed by atoms with Gasteiger partial charge in [-0.25, -0.2) is 8.42 Å². The average molecular weight is 422 g/mol. The molecule has 0 saturated carbocycles. The predicted molar refractivity (Wildman–Crippen MR) is 113 cm³/mol. The van der Waals surface area contributed by atoms with Gasteiger partial charge in [-0.15, -0.1) is 0 Å². The molecule has 6 nitrogen and oxygen atoms in total. The summed E-state index contributed by atoms with van der Waals surface area (Å²) in [5, 5.41) is 7.24. The van der Waals surface area contributed by atoms with Crippen LogP contribution >= 0.6 is 11.3 Å². The Hall–Kier alpha value is -1.74. The highest BCUT2D eigenvalue weighted by molar-refractivity contribution is 7.91. The number of carbonyl (C=O) groups is 1. The number of nitrogens with one attached hydrogen (secondary N) is 1. The highest BCUT2D eigenvalue weighted by Crippen LogP contribution is 2.24. The third kappa shape index (κ3) is 5.20. The van der Waals surface area contributed by atoms with Crippen LogP contribution in [0.3, 0.4) is 0 Å². The molecular weight excluding hydrogens is 394 g/mol. The molecule has 28 heavy (non-hydrogen) atoms. The van der Waals surface area contributed by atoms with Gasteiger partial charge in [-0.05, 0) is 42.0 Å². The minimum absolute atomic E-state index is 0.0902. The van der Waals surface area contributed by atoms with Gasteiger partial charge in [-0.2, -0.15) is 11.3 Å². The fourth-order valence-corrected chi connectivity index (χ4v) is 5.44. The van der Waals surface area contributed by atoms with E-state index in [1.165, 1.54) is 5.56 Å². The number of rotatable bonds is 7. The van der Waals surface area contributed by atoms with Crippen LogP contribution in [-0.2, 0) is 14.6 Å². The SMILES string of the molecule is CN(C)C(CNC(=O)C(c1ccccc1)N1CCS(=O)(=O)CC1)c1ccsc1. The molecule has 1 aromatic carbocycles. The lowest BCUT2D eigenvalue weighted by atomic mass is 10.0. The van der Waals surface area contributed by atoms with Crippen molar-refractivity contribution in [2.75, 3.05) is 45.2 Å². The van der Waals surface area contributed by atoms with Gasteiger partial charge in [0.05, 0.1) is 17.5 Å². The maximum absolute atomic E-state index is 13.2. The molecule has 3 rings (SSSR count). The lowest BCUT2D eigenvalue weighted by Crippen LogP contribution is -2.48. The van der Waals surface area contributed by atoms with E-state index in [-0.39, 0.29) is 23.5 Å². The first-order valence-corrected chi connectivity index (χ1v) is 12.1. The van der Waals surface area contributed by atoms with Crippen LogP contribution in [0.2, 0.25) is 0 Å². The molecule has 0 aliphatic carbocycles. The number of benzene rings is 1. The molecule has 2 unspecified atom stereocenters. The summed E-state index contributed by atoms with van der Waals surface area (Å²) in [6, 6.07) is 11.3. The first kappa shape index (κ1) is 21.0. The Morgan fingerprint density at radius 1 is 1.14 bits per heavy atom. The third-order valence-electron chi connectivity index (χ3n) is 5.13. The van der Waals surface area contributed by atoms with Crippen molar-refractivity contribution >= 4 is 27.1 Å². The standard InChI is InChI=1S/C20H27N3O3S2/c1-22(2)18(17-8-11-27-15-17)14-21-20(24)19(16-6-4-3-5-7-16)23-9-12-28(25,26)13-10-23/h3-8,11,15,18-19H,9-10,12-14H2,1-2H3,(H,21,24). The lowest BCUT2D eigenvalue weighted by molar-refractivity contribution is -0.126. The molecule has 1 aliphatic rings. The molecule has 0 bridgehead atoms. The Bertz CT molecular complexity index is 853. The van der Waals surface area contributed by atoms with Gasteiger partial charge in [-0.3, -0.25) is 9.69 Å². The summed E-state index contributed by atoms with van der Waals surface area (Å²) in [7, 11) is 0.995. The van der Waals surface area contributed by atoms with Gasteiger partial charge in [0.2, 0.25) is 5.91 Å². The topological polar surface area (TPSA) is 69.7 Å². The molecule has 152 valence electrons. The summed E-state index contributed by atoms with van der Waals surface area (Å²) < 4.78 is 23.6. The van der Waals surface area contributed by atoms with E-state index >= 15 is 0 Å². The second-order valence-corrected chi connectivity index (χ2v) is 10.4. The van der Waals surface area contributed by atoms with Crippen LogP contribution in [0.1, 0.15) is 23.2 Å². The van der Waals surface area contributed by atoms with Crippen molar-refractivity contribution < 1.29 is 13.2 Å². The maximum Gasteiger partial charge on any atom is 0.242 e. The van der Waals surface area contributed by atoms with Crippen LogP contribution in [-0.4, -0.2) is 69.4 Å². The number of amides is 1. The highest BCUT2D eigenvalue weighted by atomic mass is 32.2. The molecule has 8 heteroatoms. The van der Waals surface area contributed by atoms with Crippen LogP contribution in [0.25, 0.3) is 0 Å². The average Bonchev–Trinajstić information content (AvgIpc) is 3.18. The van der Waals surface area contributed by atoms with Crippen LogP contribution < -0.4 is 5.32 Å². The molecular formula is C20H27N3O3S2. The smallest absolute Gasteiger partial charge is 0.242 e. The van der Waals surface area contributed by atoms with Gasteiger partial charge in [0.25, 0.3) is 0 Å². The van der Waals surface area contributed by atoms with Gasteiger partial charge in [-0.1, -0.05) is 30.3 Å². The number of nitrogens with zero attached hydrogens (tertiary/aromatic N) is 2. The molecule has 1 aliphatic heterocycles. The van der Waals surface area contributed by atoms with Crippen molar-refractivity contribution in [3.63, 3.8) is 0 Å². The monoisotopic (exact) mass is 421 g/mol. The molecule has 1 N–H and O–H groups in total. The van der Waals surface area contributed by atoms with Crippen molar-refractivity contribution in [3.8, 4) is 0 Å². The number of carbonyl (C=O) groups excluding carboxylic acids is 1. The largest absolute Gasteiger partial charge is 0.353 e. The highest BCUT2D eigenvalue weighted by Gasteiger charge is 2.32. The van der Waals surface area contributed by atoms with E-state index in [4.69, 9.17) is 0 Å². The molecule has 2 aromatic rings. The fourth-order valence-electron chi connectivity index (χ4n) is 3.51. The van der Waals surface area contributed by atoms with E-state index in [2.05, 4.69) is 21.7 Å². The Labute approximate surface area is 171 Å². The number of sulfone groups is 1. The van der Waals surface area contributed by atoms with E-state index in [9.17, 15) is 13.2 Å². The predicted octanol–water partition coefficient (Wildman–Crippen LogP) is 1.94. The molecule has 0 spiro atoms. The summed E-state index contributed by atoms with van der Waals surface area (Å²) in [5.41, 5.74) is 2.06. The summed E-state index contributed by atoms with van der Waals surface area (Å²) >= 11 is 1.64. The first-order chi connectivity index (χ1) is 13.4. The van der Waals surface area contributed by atoms with E-state index in [0.29, 0.717) is 19.6 Å². The van der Waals surface area contributed by atoms with Crippen molar-refractivity contribution in [2.45, 2.75) is 12.1 Å². The van der Waals surface area contributed by atoms with Gasteiger partial charge < -0.3 is 10.2 Å². The van der Waals surface area contributed by atoms with E-state index in [1.807, 2.05) is 54.7 Å². The third-order valence-corrected chi connectivity index (χ3v) is 7.44. The molecule has 1 fully saturated rings. The van der Waals surface area contributed by atoms with Gasteiger partial charge in [0.15, 0.2) is 9.84 Å². The zero-order valence-corrected chi connectivity index (χ0v) is 17.9. The molecule has 0 radical (unpaired) electrons. The molecule has 2 heterocycles. The number of hydrogen-bond donors (Lipinski definition) is 1.